The Labute approximate surface area is 126 Å². The van der Waals surface area contributed by atoms with Gasteiger partial charge in [0.15, 0.2) is 0 Å². The second-order valence-electron chi connectivity index (χ2n) is 4.78. The van der Waals surface area contributed by atoms with E-state index in [0.717, 1.165) is 6.07 Å². The molecule has 22 heavy (non-hydrogen) atoms. The van der Waals surface area contributed by atoms with E-state index in [1.54, 1.807) is 6.92 Å². The second kappa shape index (κ2) is 5.09. The topological polar surface area (TPSA) is 155 Å². The van der Waals surface area contributed by atoms with Crippen molar-refractivity contribution in [1.29, 1.82) is 0 Å². The van der Waals surface area contributed by atoms with Gasteiger partial charge in [-0.1, -0.05) is 6.07 Å². The molecule has 0 saturated carbocycles. The molecule has 0 aliphatic rings. The van der Waals surface area contributed by atoms with Crippen molar-refractivity contribution in [2.45, 2.75) is 17.6 Å². The van der Waals surface area contributed by atoms with E-state index in [2.05, 4.69) is 0 Å². The maximum atomic E-state index is 11.4. The van der Waals surface area contributed by atoms with Gasteiger partial charge in [-0.3, -0.25) is 9.11 Å². The molecule has 10 heteroatoms. The van der Waals surface area contributed by atoms with Crippen LogP contribution in [0.3, 0.4) is 0 Å². The molecular weight excluding hydrogens is 334 g/mol. The van der Waals surface area contributed by atoms with E-state index in [-0.39, 0.29) is 10.8 Å². The van der Waals surface area contributed by atoms with Crippen LogP contribution in [0.4, 0.5) is 5.69 Å². The summed E-state index contributed by atoms with van der Waals surface area (Å²) in [4.78, 5) is -0.792. The monoisotopic (exact) mass is 347 g/mol. The van der Waals surface area contributed by atoms with Crippen LogP contribution in [0.5, 0.6) is 5.75 Å². The Hall–Kier alpha value is -1.88. The van der Waals surface area contributed by atoms with Crippen LogP contribution in [0.1, 0.15) is 11.1 Å². The molecule has 0 amide bonds. The molecule has 120 valence electrons. The average Bonchev–Trinajstić information content (AvgIpc) is 2.34. The standard InChI is InChI=1S/C12H13NO7S2/c1-6-9(13)3-2-7-4-10(22(18,19)20)8(5-21(15,16)17)12(14)11(6)7/h2-4,14H,5,13H2,1H3,(H,15,16,17)(H,18,19,20). The van der Waals surface area contributed by atoms with Crippen molar-refractivity contribution in [3.8, 4) is 5.75 Å². The molecule has 5 N–H and O–H groups in total. The van der Waals surface area contributed by atoms with Crippen molar-refractivity contribution < 1.29 is 31.0 Å². The lowest BCUT2D eigenvalue weighted by Gasteiger charge is -2.14. The van der Waals surface area contributed by atoms with Crippen LogP contribution >= 0.6 is 0 Å². The van der Waals surface area contributed by atoms with Gasteiger partial charge in [-0.05, 0) is 30.0 Å². The molecule has 0 unspecified atom stereocenters. The molecule has 0 radical (unpaired) electrons. The number of benzene rings is 2. The van der Waals surface area contributed by atoms with E-state index in [4.69, 9.17) is 10.3 Å². The van der Waals surface area contributed by atoms with Crippen LogP contribution in [-0.4, -0.2) is 31.0 Å². The van der Waals surface area contributed by atoms with Gasteiger partial charge < -0.3 is 10.8 Å². The normalized spacial score (nSPS) is 12.7. The number of nitrogens with two attached hydrogens (primary N) is 1. The number of aromatic hydroxyl groups is 1. The van der Waals surface area contributed by atoms with Crippen LogP contribution in [0.25, 0.3) is 10.8 Å². The SMILES string of the molecule is Cc1c(N)ccc2cc(S(=O)(=O)O)c(CS(=O)(=O)O)c(O)c12. The highest BCUT2D eigenvalue weighted by atomic mass is 32.2. The zero-order chi connectivity index (χ0) is 16.9. The molecule has 0 aliphatic carbocycles. The van der Waals surface area contributed by atoms with Gasteiger partial charge in [-0.15, -0.1) is 0 Å². The fraction of sp³-hybridized carbons (Fsp3) is 0.167. The van der Waals surface area contributed by atoms with E-state index < -0.39 is 42.2 Å². The molecule has 2 aromatic carbocycles. The summed E-state index contributed by atoms with van der Waals surface area (Å²) in [6, 6.07) is 3.91. The molecule has 0 aromatic heterocycles. The largest absolute Gasteiger partial charge is 0.507 e. The van der Waals surface area contributed by atoms with Gasteiger partial charge in [0.1, 0.15) is 16.4 Å². The summed E-state index contributed by atoms with van der Waals surface area (Å²) < 4.78 is 63.2. The number of hydrogen-bond acceptors (Lipinski definition) is 6. The summed E-state index contributed by atoms with van der Waals surface area (Å²) in [5.74, 6) is -1.84. The fourth-order valence-electron chi connectivity index (χ4n) is 2.23. The van der Waals surface area contributed by atoms with Gasteiger partial charge in [-0.25, -0.2) is 0 Å². The minimum Gasteiger partial charge on any atom is -0.507 e. The Morgan fingerprint density at radius 1 is 1.14 bits per heavy atom. The highest BCUT2D eigenvalue weighted by Crippen LogP contribution is 2.38. The lowest BCUT2D eigenvalue weighted by molar-refractivity contribution is 0.459. The van der Waals surface area contributed by atoms with Crippen molar-refractivity contribution in [1.82, 2.24) is 0 Å². The third-order valence-electron chi connectivity index (χ3n) is 3.25. The molecule has 0 spiro atoms. The number of nitrogen functional groups attached to an aromatic ring is 1. The molecule has 0 bridgehead atoms. The zero-order valence-corrected chi connectivity index (χ0v) is 12.9. The summed E-state index contributed by atoms with van der Waals surface area (Å²) in [5.41, 5.74) is 5.81. The molecule has 0 fully saturated rings. The van der Waals surface area contributed by atoms with Crippen molar-refractivity contribution in [2.24, 2.45) is 0 Å². The molecule has 2 rings (SSSR count). The van der Waals surface area contributed by atoms with Gasteiger partial charge in [0.05, 0.1) is 0 Å². The molecule has 0 saturated heterocycles. The minimum atomic E-state index is -4.81. The third-order valence-corrected chi connectivity index (χ3v) is 4.82. The number of phenols is 1. The molecule has 8 nitrogen and oxygen atoms in total. The van der Waals surface area contributed by atoms with Crippen molar-refractivity contribution >= 4 is 36.7 Å². The zero-order valence-electron chi connectivity index (χ0n) is 11.3. The van der Waals surface area contributed by atoms with Crippen LogP contribution in [0, 0.1) is 6.92 Å². The number of rotatable bonds is 3. The van der Waals surface area contributed by atoms with Crippen LogP contribution in [0.15, 0.2) is 23.1 Å². The Morgan fingerprint density at radius 2 is 1.73 bits per heavy atom. The molecular formula is C12H13NO7S2. The highest BCUT2D eigenvalue weighted by Gasteiger charge is 2.25. The maximum Gasteiger partial charge on any atom is 0.294 e. The second-order valence-corrected chi connectivity index (χ2v) is 7.62. The van der Waals surface area contributed by atoms with E-state index in [1.807, 2.05) is 0 Å². The summed E-state index contributed by atoms with van der Waals surface area (Å²) in [6.07, 6.45) is 0. The van der Waals surface area contributed by atoms with E-state index in [0.29, 0.717) is 11.3 Å². The van der Waals surface area contributed by atoms with Gasteiger partial charge in [-0.2, -0.15) is 16.8 Å². The first-order valence-corrected chi connectivity index (χ1v) is 8.93. The quantitative estimate of drug-likeness (QED) is 0.474. The molecule has 0 heterocycles. The smallest absolute Gasteiger partial charge is 0.294 e. The van der Waals surface area contributed by atoms with Gasteiger partial charge in [0, 0.05) is 16.6 Å². The predicted molar refractivity (Wildman–Crippen MR) is 79.8 cm³/mol. The number of phenolic OH excluding ortho intramolecular Hbond substituents is 1. The van der Waals surface area contributed by atoms with Crippen molar-refractivity contribution in [3.05, 3.63) is 29.3 Å². The van der Waals surface area contributed by atoms with E-state index in [1.165, 1.54) is 12.1 Å². The van der Waals surface area contributed by atoms with E-state index >= 15 is 0 Å². The van der Waals surface area contributed by atoms with Crippen molar-refractivity contribution in [3.63, 3.8) is 0 Å². The Balaban J connectivity index is 3.01. The van der Waals surface area contributed by atoms with E-state index in [9.17, 15) is 26.5 Å². The molecule has 0 atom stereocenters. The molecule has 2 aromatic rings. The lowest BCUT2D eigenvalue weighted by Crippen LogP contribution is -2.09. The fourth-order valence-corrected chi connectivity index (χ4v) is 3.74. The Bertz CT molecular complexity index is 978. The van der Waals surface area contributed by atoms with Crippen molar-refractivity contribution in [2.75, 3.05) is 5.73 Å². The van der Waals surface area contributed by atoms with Gasteiger partial charge in [0.25, 0.3) is 20.2 Å². The molecule has 0 aliphatic heterocycles. The third kappa shape index (κ3) is 2.99. The number of anilines is 1. The predicted octanol–water partition coefficient (Wildman–Crippen LogP) is 1.07. The van der Waals surface area contributed by atoms with Crippen LogP contribution in [-0.2, 0) is 26.0 Å². The minimum absolute atomic E-state index is 0.144. The van der Waals surface area contributed by atoms with Gasteiger partial charge in [0.2, 0.25) is 0 Å². The summed E-state index contributed by atoms with van der Waals surface area (Å²) in [6.45, 7) is 1.56. The summed E-state index contributed by atoms with van der Waals surface area (Å²) >= 11 is 0. The highest BCUT2D eigenvalue weighted by molar-refractivity contribution is 7.86. The lowest BCUT2D eigenvalue weighted by atomic mass is 10.0. The Kier molecular flexibility index (Phi) is 3.81. The first-order chi connectivity index (χ1) is 9.92. The number of fused-ring (bicyclic) bond motifs is 1. The number of hydrogen-bond donors (Lipinski definition) is 4. The first-order valence-electron chi connectivity index (χ1n) is 5.88. The van der Waals surface area contributed by atoms with Gasteiger partial charge >= 0.3 is 0 Å². The maximum absolute atomic E-state index is 11.4. The van der Waals surface area contributed by atoms with Crippen LogP contribution in [0.2, 0.25) is 0 Å². The first kappa shape index (κ1) is 16.5. The average molecular weight is 347 g/mol. The summed E-state index contributed by atoms with van der Waals surface area (Å²) in [5, 5.41) is 10.6. The summed E-state index contributed by atoms with van der Waals surface area (Å²) in [7, 11) is -9.45. The van der Waals surface area contributed by atoms with Crippen LogP contribution < -0.4 is 5.73 Å². The Morgan fingerprint density at radius 3 is 2.23 bits per heavy atom. The number of aryl methyl sites for hydroxylation is 1.